The van der Waals surface area contributed by atoms with Gasteiger partial charge in [-0.25, -0.2) is 0 Å². The Morgan fingerprint density at radius 2 is 0.812 bits per heavy atom. The third-order valence-electron chi connectivity index (χ3n) is 3.71. The smallest absolute Gasteiger partial charge is 0.248 e. The third-order valence-corrected chi connectivity index (χ3v) is 3.71. The number of ketones is 2. The lowest BCUT2D eigenvalue weighted by Crippen LogP contribution is -2.42. The maximum atomic E-state index is 11.5. The molecule has 0 rings (SSSR count). The van der Waals surface area contributed by atoms with Crippen LogP contribution in [-0.2, 0) is 38.4 Å². The molecule has 2 N–H and O–H groups in total. The van der Waals surface area contributed by atoms with E-state index in [9.17, 15) is 38.4 Å². The van der Waals surface area contributed by atoms with E-state index in [0.29, 0.717) is 0 Å². The first-order valence-electron chi connectivity index (χ1n) is 9.78. The van der Waals surface area contributed by atoms with Crippen molar-refractivity contribution < 1.29 is 38.4 Å². The maximum Gasteiger partial charge on any atom is 0.248 e. The standard InChI is InChI=1S/2C10H16N2O4/c2*1-7(13)4-5-12(9(3)15)10(16)6-11-8(2)14/h2*4-6H2,1-3H3,(H,11,14). The number of Topliss-reactive ketones (excluding diaryl/α,β-unsaturated/α-hetero) is 2. The van der Waals surface area contributed by atoms with Crippen LogP contribution < -0.4 is 10.6 Å². The summed E-state index contributed by atoms with van der Waals surface area (Å²) < 4.78 is 0. The molecule has 0 aliphatic heterocycles. The number of imide groups is 2. The molecule has 0 saturated heterocycles. The molecule has 0 aromatic rings. The second-order valence-electron chi connectivity index (χ2n) is 6.85. The van der Waals surface area contributed by atoms with Crippen molar-refractivity contribution >= 4 is 47.0 Å². The summed E-state index contributed by atoms with van der Waals surface area (Å²) in [5, 5.41) is 4.60. The lowest BCUT2D eigenvalue weighted by atomic mass is 10.3. The summed E-state index contributed by atoms with van der Waals surface area (Å²) in [5.74, 6) is -2.77. The molecule has 0 atom stereocenters. The van der Waals surface area contributed by atoms with Gasteiger partial charge in [0.15, 0.2) is 0 Å². The van der Waals surface area contributed by atoms with Crippen molar-refractivity contribution in [3.8, 4) is 0 Å². The third kappa shape index (κ3) is 16.4. The number of carbonyl (C=O) groups excluding carboxylic acids is 8. The van der Waals surface area contributed by atoms with Gasteiger partial charge in [0.05, 0.1) is 13.1 Å². The molecule has 0 fully saturated rings. The van der Waals surface area contributed by atoms with Crippen LogP contribution in [0.25, 0.3) is 0 Å². The zero-order valence-corrected chi connectivity index (χ0v) is 19.4. The highest BCUT2D eigenvalue weighted by Crippen LogP contribution is 1.96. The lowest BCUT2D eigenvalue weighted by molar-refractivity contribution is -0.145. The Labute approximate surface area is 187 Å². The van der Waals surface area contributed by atoms with E-state index in [1.54, 1.807) is 0 Å². The number of hydrogen-bond donors (Lipinski definition) is 2. The Morgan fingerprint density at radius 3 is 1.00 bits per heavy atom. The Hall–Kier alpha value is -3.44. The largest absolute Gasteiger partial charge is 0.347 e. The van der Waals surface area contributed by atoms with Gasteiger partial charge >= 0.3 is 0 Å². The summed E-state index contributed by atoms with van der Waals surface area (Å²) >= 11 is 0. The summed E-state index contributed by atoms with van der Waals surface area (Å²) in [6.07, 6.45) is 0.261. The molecule has 180 valence electrons. The molecule has 0 aromatic heterocycles. The van der Waals surface area contributed by atoms with E-state index < -0.39 is 23.6 Å². The second-order valence-corrected chi connectivity index (χ2v) is 6.85. The average molecular weight is 456 g/mol. The maximum absolute atomic E-state index is 11.5. The van der Waals surface area contributed by atoms with Crippen LogP contribution in [0.4, 0.5) is 0 Å². The summed E-state index contributed by atoms with van der Waals surface area (Å²) in [7, 11) is 0. The van der Waals surface area contributed by atoms with Gasteiger partial charge in [-0.2, -0.15) is 0 Å². The van der Waals surface area contributed by atoms with Gasteiger partial charge in [-0.3, -0.25) is 48.2 Å². The molecule has 12 heteroatoms. The number of amides is 6. The van der Waals surface area contributed by atoms with Gasteiger partial charge in [-0.1, -0.05) is 0 Å². The Bertz CT molecular complexity index is 686. The number of nitrogens with zero attached hydrogens (tertiary/aromatic N) is 2. The lowest BCUT2D eigenvalue weighted by Gasteiger charge is -2.18. The Balaban J connectivity index is 0. The predicted molar refractivity (Wildman–Crippen MR) is 113 cm³/mol. The molecule has 32 heavy (non-hydrogen) atoms. The van der Waals surface area contributed by atoms with Crippen LogP contribution in [0.5, 0.6) is 0 Å². The number of carbonyl (C=O) groups is 8. The van der Waals surface area contributed by atoms with Crippen LogP contribution in [0.15, 0.2) is 0 Å². The monoisotopic (exact) mass is 456 g/mol. The summed E-state index contributed by atoms with van der Waals surface area (Å²) in [6, 6.07) is 0. The highest BCUT2D eigenvalue weighted by atomic mass is 16.2. The molecule has 0 aliphatic rings. The van der Waals surface area contributed by atoms with Crippen molar-refractivity contribution in [2.45, 2.75) is 54.4 Å². The second kappa shape index (κ2) is 16.3. The van der Waals surface area contributed by atoms with Crippen LogP contribution in [0.2, 0.25) is 0 Å². The topological polar surface area (TPSA) is 167 Å². The van der Waals surface area contributed by atoms with E-state index in [1.165, 1.54) is 41.5 Å². The fourth-order valence-corrected chi connectivity index (χ4v) is 2.05. The van der Waals surface area contributed by atoms with Crippen molar-refractivity contribution in [1.82, 2.24) is 20.4 Å². The first-order valence-corrected chi connectivity index (χ1v) is 9.78. The van der Waals surface area contributed by atoms with Gasteiger partial charge in [0, 0.05) is 53.6 Å². The van der Waals surface area contributed by atoms with Crippen molar-refractivity contribution in [1.29, 1.82) is 0 Å². The minimum Gasteiger partial charge on any atom is -0.347 e. The van der Waals surface area contributed by atoms with Crippen LogP contribution in [-0.4, -0.2) is 83.0 Å². The van der Waals surface area contributed by atoms with Crippen LogP contribution in [0.1, 0.15) is 54.4 Å². The zero-order chi connectivity index (χ0) is 25.4. The van der Waals surface area contributed by atoms with E-state index in [-0.39, 0.29) is 62.4 Å². The minimum absolute atomic E-state index is 0.0586. The quantitative estimate of drug-likeness (QED) is 0.420. The van der Waals surface area contributed by atoms with Crippen LogP contribution in [0, 0.1) is 0 Å². The van der Waals surface area contributed by atoms with Gasteiger partial charge in [0.1, 0.15) is 11.6 Å². The van der Waals surface area contributed by atoms with Gasteiger partial charge in [-0.05, 0) is 13.8 Å². The van der Waals surface area contributed by atoms with E-state index in [2.05, 4.69) is 10.6 Å². The normalized spacial score (nSPS) is 9.44. The molecule has 0 bridgehead atoms. The molecule has 0 aromatic carbocycles. The van der Waals surface area contributed by atoms with Crippen molar-refractivity contribution in [2.75, 3.05) is 26.2 Å². The molecule has 0 saturated carbocycles. The molecule has 12 nitrogen and oxygen atoms in total. The van der Waals surface area contributed by atoms with Crippen molar-refractivity contribution in [3.05, 3.63) is 0 Å². The van der Waals surface area contributed by atoms with Gasteiger partial charge in [0.2, 0.25) is 35.4 Å². The van der Waals surface area contributed by atoms with E-state index >= 15 is 0 Å². The van der Waals surface area contributed by atoms with E-state index in [0.717, 1.165) is 9.80 Å². The van der Waals surface area contributed by atoms with Crippen molar-refractivity contribution in [3.63, 3.8) is 0 Å². The van der Waals surface area contributed by atoms with E-state index in [4.69, 9.17) is 0 Å². The Kier molecular flexibility index (Phi) is 15.6. The molecular formula is C20H32N4O8. The number of rotatable bonds is 10. The Morgan fingerprint density at radius 1 is 0.531 bits per heavy atom. The van der Waals surface area contributed by atoms with Gasteiger partial charge in [0.25, 0.3) is 0 Å². The molecule has 0 radical (unpaired) electrons. The predicted octanol–water partition coefficient (Wildman–Crippen LogP) is -1.05. The molecule has 0 spiro atoms. The zero-order valence-electron chi connectivity index (χ0n) is 19.4. The average Bonchev–Trinajstić information content (AvgIpc) is 2.64. The number of nitrogens with one attached hydrogen (secondary N) is 2. The molecule has 0 heterocycles. The molecular weight excluding hydrogens is 424 g/mol. The SMILES string of the molecule is CC(=O)CCN(C(C)=O)C(=O)CNC(C)=O.CC(=O)CCN(C(C)=O)C(=O)CNC(C)=O. The fraction of sp³-hybridized carbons (Fsp3) is 0.600. The first kappa shape index (κ1) is 30.8. The highest BCUT2D eigenvalue weighted by Gasteiger charge is 2.19. The number of hydrogen-bond acceptors (Lipinski definition) is 8. The molecule has 0 aliphatic carbocycles. The van der Waals surface area contributed by atoms with Gasteiger partial charge in [-0.15, -0.1) is 0 Å². The fourth-order valence-electron chi connectivity index (χ4n) is 2.05. The summed E-state index contributed by atoms with van der Waals surface area (Å²) in [5.41, 5.74) is 0. The molecule has 0 unspecified atom stereocenters. The van der Waals surface area contributed by atoms with E-state index in [1.807, 2.05) is 0 Å². The summed E-state index contributed by atoms with van der Waals surface area (Å²) in [4.78, 5) is 89.8. The van der Waals surface area contributed by atoms with Gasteiger partial charge < -0.3 is 10.6 Å². The minimum atomic E-state index is -0.510. The summed E-state index contributed by atoms with van der Waals surface area (Å²) in [6.45, 7) is 7.47. The van der Waals surface area contributed by atoms with Crippen LogP contribution in [0.3, 0.4) is 0 Å². The first-order chi connectivity index (χ1) is 14.7. The van der Waals surface area contributed by atoms with Crippen molar-refractivity contribution in [2.24, 2.45) is 0 Å². The highest BCUT2D eigenvalue weighted by molar-refractivity contribution is 5.97. The van der Waals surface area contributed by atoms with Crippen LogP contribution >= 0.6 is 0 Å². The molecule has 6 amide bonds.